The molecule has 0 bridgehead atoms. The molecule has 0 aliphatic rings. The number of hydrogen-bond acceptors (Lipinski definition) is 7. The summed E-state index contributed by atoms with van der Waals surface area (Å²) in [6, 6.07) is 0.728. The Morgan fingerprint density at radius 3 is 2.39 bits per heavy atom. The minimum absolute atomic E-state index is 0.00261. The van der Waals surface area contributed by atoms with Gasteiger partial charge in [0.15, 0.2) is 6.19 Å². The first-order valence-electron chi connectivity index (χ1n) is 7.73. The van der Waals surface area contributed by atoms with E-state index in [0.717, 1.165) is 23.2 Å². The van der Waals surface area contributed by atoms with Crippen LogP contribution in [0, 0.1) is 17.4 Å². The fourth-order valence-electron chi connectivity index (χ4n) is 1.94. The van der Waals surface area contributed by atoms with Gasteiger partial charge >= 0.3 is 15.6 Å². The zero-order valence-electron chi connectivity index (χ0n) is 15.0. The second-order valence-corrected chi connectivity index (χ2v) is 7.56. The third kappa shape index (κ3) is 6.08. The molecule has 1 unspecified atom stereocenters. The van der Waals surface area contributed by atoms with Crippen LogP contribution in [0.1, 0.15) is 30.6 Å². The average Bonchev–Trinajstić information content (AvgIpc) is 2.58. The first-order chi connectivity index (χ1) is 12.8. The van der Waals surface area contributed by atoms with Gasteiger partial charge in [-0.25, -0.2) is 4.98 Å². The van der Waals surface area contributed by atoms with Crippen molar-refractivity contribution in [2.75, 3.05) is 7.05 Å². The van der Waals surface area contributed by atoms with Gasteiger partial charge in [0.2, 0.25) is 5.88 Å². The maximum atomic E-state index is 12.3. The molecule has 0 saturated carbocycles. The topological polar surface area (TPSA) is 129 Å². The predicted molar refractivity (Wildman–Crippen MR) is 88.9 cm³/mol. The van der Waals surface area contributed by atoms with Gasteiger partial charge in [0.1, 0.15) is 6.04 Å². The molecule has 0 spiro atoms. The molecular weight excluding hydrogens is 405 g/mol. The molecule has 154 valence electrons. The molecule has 1 N–H and O–H groups in total. The second-order valence-electron chi connectivity index (χ2n) is 6.02. The van der Waals surface area contributed by atoms with Crippen molar-refractivity contribution in [2.45, 2.75) is 31.8 Å². The number of carbonyl (C=O) groups is 2. The minimum Gasteiger partial charge on any atom is -0.355 e. The quantitative estimate of drug-likeness (QED) is 0.304. The van der Waals surface area contributed by atoms with Crippen LogP contribution in [0.5, 0.6) is 5.88 Å². The van der Waals surface area contributed by atoms with Crippen molar-refractivity contribution >= 4 is 21.9 Å². The molecule has 0 saturated heterocycles. The Hall–Kier alpha value is -2.88. The molecule has 13 heteroatoms. The summed E-state index contributed by atoms with van der Waals surface area (Å²) in [7, 11) is -4.65. The Bertz CT molecular complexity index is 863. The van der Waals surface area contributed by atoms with E-state index in [1.165, 1.54) is 7.05 Å². The molecule has 1 aromatic rings. The van der Waals surface area contributed by atoms with E-state index in [4.69, 9.17) is 5.26 Å². The highest BCUT2D eigenvalue weighted by atomic mass is 32.2. The van der Waals surface area contributed by atoms with Crippen LogP contribution in [-0.4, -0.2) is 48.7 Å². The number of alkyl halides is 3. The second kappa shape index (κ2) is 8.87. The van der Waals surface area contributed by atoms with E-state index in [9.17, 15) is 31.2 Å². The van der Waals surface area contributed by atoms with Gasteiger partial charge in [-0.05, 0) is 18.4 Å². The predicted octanol–water partition coefficient (Wildman–Crippen LogP) is 1.39. The molecule has 2 amide bonds. The number of aromatic nitrogens is 1. The van der Waals surface area contributed by atoms with Crippen molar-refractivity contribution in [2.24, 2.45) is 5.92 Å². The van der Waals surface area contributed by atoms with Crippen molar-refractivity contribution in [3.63, 3.8) is 0 Å². The van der Waals surface area contributed by atoms with Crippen LogP contribution < -0.4 is 9.50 Å². The van der Waals surface area contributed by atoms with E-state index in [0.29, 0.717) is 0 Å². The molecule has 0 fully saturated rings. The number of nitriles is 1. The number of carbonyl (C=O) groups excluding carboxylic acids is 2. The third-order valence-electron chi connectivity index (χ3n) is 3.27. The number of likely N-dealkylation sites (N-methyl/N-ethyl adjacent to an activating group) is 1. The van der Waals surface area contributed by atoms with Crippen molar-refractivity contribution in [3.05, 3.63) is 23.9 Å². The van der Waals surface area contributed by atoms with Crippen LogP contribution in [0.4, 0.5) is 13.2 Å². The van der Waals surface area contributed by atoms with Gasteiger partial charge in [-0.1, -0.05) is 13.8 Å². The van der Waals surface area contributed by atoms with E-state index in [1.807, 2.05) is 0 Å². The fourth-order valence-corrected chi connectivity index (χ4v) is 2.36. The lowest BCUT2D eigenvalue weighted by molar-refractivity contribution is -0.129. The number of nitrogens with one attached hydrogen (secondary N) is 1. The SMILES string of the molecule is CC(C)CC(NC(=O)c1ccc(OS(=O)(=O)C(F)(F)F)nc1)C(=O)N(C)C#N. The largest absolute Gasteiger partial charge is 0.534 e. The highest BCUT2D eigenvalue weighted by molar-refractivity contribution is 7.87. The summed E-state index contributed by atoms with van der Waals surface area (Å²) in [6.07, 6.45) is 2.65. The summed E-state index contributed by atoms with van der Waals surface area (Å²) in [6.45, 7) is 3.60. The summed E-state index contributed by atoms with van der Waals surface area (Å²) in [4.78, 5) is 28.5. The van der Waals surface area contributed by atoms with E-state index >= 15 is 0 Å². The summed E-state index contributed by atoms with van der Waals surface area (Å²) in [5.74, 6) is -2.31. The smallest absolute Gasteiger partial charge is 0.355 e. The van der Waals surface area contributed by atoms with Crippen LogP contribution in [0.25, 0.3) is 0 Å². The van der Waals surface area contributed by atoms with Gasteiger partial charge in [0.25, 0.3) is 11.8 Å². The van der Waals surface area contributed by atoms with Gasteiger partial charge < -0.3 is 9.50 Å². The van der Waals surface area contributed by atoms with Crippen molar-refractivity contribution in [3.8, 4) is 12.1 Å². The minimum atomic E-state index is -5.88. The number of rotatable bonds is 7. The molecule has 1 heterocycles. The fraction of sp³-hybridized carbons (Fsp3) is 0.467. The first kappa shape index (κ1) is 23.2. The molecule has 0 aliphatic carbocycles. The van der Waals surface area contributed by atoms with Crippen LogP contribution in [0.2, 0.25) is 0 Å². The molecule has 1 rings (SSSR count). The zero-order valence-corrected chi connectivity index (χ0v) is 15.8. The molecule has 0 aromatic carbocycles. The number of halogens is 3. The lowest BCUT2D eigenvalue weighted by Gasteiger charge is -2.21. The van der Waals surface area contributed by atoms with E-state index < -0.39 is 39.4 Å². The van der Waals surface area contributed by atoms with Gasteiger partial charge in [0, 0.05) is 19.3 Å². The van der Waals surface area contributed by atoms with Crippen LogP contribution in [0.3, 0.4) is 0 Å². The van der Waals surface area contributed by atoms with Crippen molar-refractivity contribution in [1.29, 1.82) is 5.26 Å². The molecule has 1 aromatic heterocycles. The number of hydrogen-bond donors (Lipinski definition) is 1. The van der Waals surface area contributed by atoms with E-state index in [1.54, 1.807) is 20.0 Å². The van der Waals surface area contributed by atoms with Crippen molar-refractivity contribution < 1.29 is 35.4 Å². The van der Waals surface area contributed by atoms with Crippen LogP contribution >= 0.6 is 0 Å². The Labute approximate surface area is 159 Å². The van der Waals surface area contributed by atoms with Gasteiger partial charge in [-0.2, -0.15) is 26.9 Å². The summed E-state index contributed by atoms with van der Waals surface area (Å²) < 4.78 is 62.5. The highest BCUT2D eigenvalue weighted by Gasteiger charge is 2.48. The van der Waals surface area contributed by atoms with Gasteiger partial charge in [-0.3, -0.25) is 14.5 Å². The van der Waals surface area contributed by atoms with Crippen LogP contribution in [0.15, 0.2) is 18.3 Å². The van der Waals surface area contributed by atoms with Gasteiger partial charge in [0.05, 0.1) is 5.56 Å². The number of pyridine rings is 1. The molecule has 9 nitrogen and oxygen atoms in total. The summed E-state index contributed by atoms with van der Waals surface area (Å²) in [5.41, 5.74) is -5.78. The van der Waals surface area contributed by atoms with Crippen LogP contribution in [-0.2, 0) is 14.9 Å². The van der Waals surface area contributed by atoms with Crippen molar-refractivity contribution in [1.82, 2.24) is 15.2 Å². The maximum absolute atomic E-state index is 12.3. The summed E-state index contributed by atoms with van der Waals surface area (Å²) >= 11 is 0. The Morgan fingerprint density at radius 2 is 1.96 bits per heavy atom. The molecule has 1 atom stereocenters. The third-order valence-corrected chi connectivity index (χ3v) is 4.23. The zero-order chi connectivity index (χ0) is 21.7. The summed E-state index contributed by atoms with van der Waals surface area (Å²) in [5, 5.41) is 11.2. The average molecular weight is 422 g/mol. The lowest BCUT2D eigenvalue weighted by atomic mass is 10.0. The normalized spacial score (nSPS) is 12.8. The Morgan fingerprint density at radius 1 is 1.36 bits per heavy atom. The molecule has 0 aliphatic heterocycles. The standard InChI is InChI=1S/C15H17F3N4O5S/c1-9(2)6-11(14(24)22(3)8-19)21-13(23)10-4-5-12(20-7-10)27-28(25,26)15(16,17)18/h4-5,7,9,11H,6H2,1-3H3,(H,21,23). The van der Waals surface area contributed by atoms with E-state index in [2.05, 4.69) is 14.5 Å². The number of nitrogens with zero attached hydrogens (tertiary/aromatic N) is 3. The number of amides is 2. The lowest BCUT2D eigenvalue weighted by Crippen LogP contribution is -2.46. The molecule has 28 heavy (non-hydrogen) atoms. The van der Waals surface area contributed by atoms with E-state index in [-0.39, 0.29) is 17.9 Å². The molecular formula is C15H17F3N4O5S. The monoisotopic (exact) mass is 422 g/mol. The van der Waals surface area contributed by atoms with Gasteiger partial charge in [-0.15, -0.1) is 0 Å². The maximum Gasteiger partial charge on any atom is 0.534 e. The Balaban J connectivity index is 2.94. The Kier molecular flexibility index (Phi) is 7.34. The first-order valence-corrected chi connectivity index (χ1v) is 9.14. The highest BCUT2D eigenvalue weighted by Crippen LogP contribution is 2.25. The molecule has 0 radical (unpaired) electrons.